The Hall–Kier alpha value is -2.06. The number of nitriles is 1. The van der Waals surface area contributed by atoms with Gasteiger partial charge in [0.2, 0.25) is 5.91 Å². The number of hydrogen-bond acceptors (Lipinski definition) is 3. The summed E-state index contributed by atoms with van der Waals surface area (Å²) in [5.74, 6) is -0.157. The SMILES string of the molecule is CN(CC(=O)Nc1cccc(C#N)c1)Cc1cc(Cl)cc(Cl)c1. The van der Waals surface area contributed by atoms with E-state index in [0.717, 1.165) is 5.56 Å². The summed E-state index contributed by atoms with van der Waals surface area (Å²) in [7, 11) is 1.83. The lowest BCUT2D eigenvalue weighted by molar-refractivity contribution is -0.117. The normalized spacial score (nSPS) is 10.4. The molecule has 2 rings (SSSR count). The molecule has 1 N–H and O–H groups in total. The fourth-order valence-corrected chi connectivity index (χ4v) is 2.75. The summed E-state index contributed by atoms with van der Waals surface area (Å²) >= 11 is 11.9. The maximum Gasteiger partial charge on any atom is 0.238 e. The smallest absolute Gasteiger partial charge is 0.238 e. The Morgan fingerprint density at radius 2 is 1.91 bits per heavy atom. The molecule has 0 atom stereocenters. The number of rotatable bonds is 5. The molecule has 0 saturated heterocycles. The van der Waals surface area contributed by atoms with Crippen molar-refractivity contribution in [2.24, 2.45) is 0 Å². The van der Waals surface area contributed by atoms with Crippen LogP contribution in [0, 0.1) is 11.3 Å². The van der Waals surface area contributed by atoms with Crippen LogP contribution in [-0.2, 0) is 11.3 Å². The van der Waals surface area contributed by atoms with Crippen molar-refractivity contribution in [1.82, 2.24) is 4.90 Å². The molecular weight excluding hydrogens is 333 g/mol. The molecule has 0 bridgehead atoms. The van der Waals surface area contributed by atoms with Crippen molar-refractivity contribution >= 4 is 34.8 Å². The lowest BCUT2D eigenvalue weighted by Crippen LogP contribution is -2.29. The van der Waals surface area contributed by atoms with E-state index in [0.29, 0.717) is 27.8 Å². The Labute approximate surface area is 145 Å². The van der Waals surface area contributed by atoms with Crippen LogP contribution in [-0.4, -0.2) is 24.4 Å². The zero-order valence-corrected chi connectivity index (χ0v) is 14.0. The molecule has 23 heavy (non-hydrogen) atoms. The standard InChI is InChI=1S/C17H15Cl2N3O/c1-22(10-13-5-14(18)8-15(19)6-13)11-17(23)21-16-4-2-3-12(7-16)9-20/h2-8H,10-11H2,1H3,(H,21,23). The highest BCUT2D eigenvalue weighted by Crippen LogP contribution is 2.20. The van der Waals surface area contributed by atoms with E-state index in [9.17, 15) is 4.79 Å². The van der Waals surface area contributed by atoms with Crippen LogP contribution in [0.1, 0.15) is 11.1 Å². The molecule has 0 unspecified atom stereocenters. The number of amides is 1. The summed E-state index contributed by atoms with van der Waals surface area (Å²) < 4.78 is 0. The van der Waals surface area contributed by atoms with Gasteiger partial charge in [0.25, 0.3) is 0 Å². The largest absolute Gasteiger partial charge is 0.325 e. The minimum Gasteiger partial charge on any atom is -0.325 e. The van der Waals surface area contributed by atoms with E-state index in [1.807, 2.05) is 30.1 Å². The second-order valence-electron chi connectivity index (χ2n) is 5.19. The highest BCUT2D eigenvalue weighted by atomic mass is 35.5. The molecule has 0 fully saturated rings. The topological polar surface area (TPSA) is 56.1 Å². The number of anilines is 1. The third-order valence-electron chi connectivity index (χ3n) is 3.06. The Balaban J connectivity index is 1.93. The van der Waals surface area contributed by atoms with Crippen molar-refractivity contribution in [3.63, 3.8) is 0 Å². The first-order valence-electron chi connectivity index (χ1n) is 6.90. The minimum absolute atomic E-state index is 0.157. The van der Waals surface area contributed by atoms with Gasteiger partial charge in [0.1, 0.15) is 0 Å². The molecule has 2 aromatic carbocycles. The summed E-state index contributed by atoms with van der Waals surface area (Å²) in [4.78, 5) is 13.9. The molecule has 2 aromatic rings. The number of nitrogens with zero attached hydrogens (tertiary/aromatic N) is 2. The number of benzene rings is 2. The molecule has 118 valence electrons. The highest BCUT2D eigenvalue weighted by molar-refractivity contribution is 6.34. The van der Waals surface area contributed by atoms with Gasteiger partial charge in [-0.1, -0.05) is 29.3 Å². The molecule has 0 spiro atoms. The van der Waals surface area contributed by atoms with Crippen LogP contribution in [0.2, 0.25) is 10.0 Å². The molecule has 6 heteroatoms. The van der Waals surface area contributed by atoms with Crippen LogP contribution in [0.4, 0.5) is 5.69 Å². The molecule has 0 aliphatic heterocycles. The van der Waals surface area contributed by atoms with E-state index in [1.165, 1.54) is 0 Å². The number of halogens is 2. The van der Waals surface area contributed by atoms with E-state index < -0.39 is 0 Å². The molecule has 0 heterocycles. The number of carbonyl (C=O) groups excluding carboxylic acids is 1. The average Bonchev–Trinajstić information content (AvgIpc) is 2.45. The van der Waals surface area contributed by atoms with Crippen LogP contribution in [0.25, 0.3) is 0 Å². The first kappa shape index (κ1) is 17.3. The summed E-state index contributed by atoms with van der Waals surface area (Å²) in [5.41, 5.74) is 2.04. The summed E-state index contributed by atoms with van der Waals surface area (Å²) in [6.07, 6.45) is 0. The lowest BCUT2D eigenvalue weighted by atomic mass is 10.2. The highest BCUT2D eigenvalue weighted by Gasteiger charge is 2.09. The molecule has 0 aliphatic carbocycles. The van der Waals surface area contributed by atoms with Gasteiger partial charge in [0.05, 0.1) is 18.2 Å². The quantitative estimate of drug-likeness (QED) is 0.891. The Morgan fingerprint density at radius 1 is 1.22 bits per heavy atom. The predicted molar refractivity (Wildman–Crippen MR) is 92.6 cm³/mol. The van der Waals surface area contributed by atoms with E-state index >= 15 is 0 Å². The molecule has 0 aliphatic rings. The van der Waals surface area contributed by atoms with Crippen LogP contribution in [0.3, 0.4) is 0 Å². The first-order valence-corrected chi connectivity index (χ1v) is 7.65. The number of likely N-dealkylation sites (N-methyl/N-ethyl adjacent to an activating group) is 1. The molecule has 1 amide bonds. The van der Waals surface area contributed by atoms with E-state index in [2.05, 4.69) is 5.32 Å². The Kier molecular flexibility index (Phi) is 6.00. The minimum atomic E-state index is -0.157. The second-order valence-corrected chi connectivity index (χ2v) is 6.06. The first-order chi connectivity index (χ1) is 11.0. The van der Waals surface area contributed by atoms with Gasteiger partial charge in [-0.25, -0.2) is 0 Å². The van der Waals surface area contributed by atoms with Crippen molar-refractivity contribution in [1.29, 1.82) is 5.26 Å². The number of carbonyl (C=O) groups is 1. The van der Waals surface area contributed by atoms with Gasteiger partial charge in [0.15, 0.2) is 0 Å². The van der Waals surface area contributed by atoms with Gasteiger partial charge in [-0.15, -0.1) is 0 Å². The van der Waals surface area contributed by atoms with Crippen molar-refractivity contribution < 1.29 is 4.79 Å². The average molecular weight is 348 g/mol. The van der Waals surface area contributed by atoms with Gasteiger partial charge >= 0.3 is 0 Å². The molecular formula is C17H15Cl2N3O. The van der Waals surface area contributed by atoms with E-state index in [-0.39, 0.29) is 12.5 Å². The molecule has 4 nitrogen and oxygen atoms in total. The molecule has 0 saturated carbocycles. The number of nitrogens with one attached hydrogen (secondary N) is 1. The zero-order valence-electron chi connectivity index (χ0n) is 12.5. The van der Waals surface area contributed by atoms with Crippen molar-refractivity contribution in [3.8, 4) is 6.07 Å². The number of hydrogen-bond donors (Lipinski definition) is 1. The van der Waals surface area contributed by atoms with Crippen molar-refractivity contribution in [3.05, 3.63) is 63.6 Å². The third kappa shape index (κ3) is 5.57. The van der Waals surface area contributed by atoms with Crippen LogP contribution in [0.5, 0.6) is 0 Å². The van der Waals surface area contributed by atoms with E-state index in [1.54, 1.807) is 30.3 Å². The summed E-state index contributed by atoms with van der Waals surface area (Å²) in [5, 5.41) is 12.8. The monoisotopic (exact) mass is 347 g/mol. The van der Waals surface area contributed by atoms with Crippen LogP contribution >= 0.6 is 23.2 Å². The van der Waals surface area contributed by atoms with Gasteiger partial charge in [-0.05, 0) is 49.0 Å². The van der Waals surface area contributed by atoms with Gasteiger partial charge < -0.3 is 5.32 Å². The van der Waals surface area contributed by atoms with E-state index in [4.69, 9.17) is 28.5 Å². The Morgan fingerprint density at radius 3 is 2.57 bits per heavy atom. The maximum atomic E-state index is 12.1. The second kappa shape index (κ2) is 7.98. The lowest BCUT2D eigenvalue weighted by Gasteiger charge is -2.17. The third-order valence-corrected chi connectivity index (χ3v) is 3.50. The summed E-state index contributed by atoms with van der Waals surface area (Å²) in [6.45, 7) is 0.757. The Bertz CT molecular complexity index is 735. The zero-order chi connectivity index (χ0) is 16.8. The van der Waals surface area contributed by atoms with Crippen molar-refractivity contribution in [2.75, 3.05) is 18.9 Å². The molecule has 0 radical (unpaired) electrons. The molecule has 0 aromatic heterocycles. The van der Waals surface area contributed by atoms with Crippen molar-refractivity contribution in [2.45, 2.75) is 6.54 Å². The van der Waals surface area contributed by atoms with Crippen LogP contribution < -0.4 is 5.32 Å². The maximum absolute atomic E-state index is 12.1. The fraction of sp³-hybridized carbons (Fsp3) is 0.176. The van der Waals surface area contributed by atoms with Crippen LogP contribution in [0.15, 0.2) is 42.5 Å². The van der Waals surface area contributed by atoms with Gasteiger partial charge in [-0.3, -0.25) is 9.69 Å². The van der Waals surface area contributed by atoms with Gasteiger partial charge in [0, 0.05) is 22.3 Å². The fourth-order valence-electron chi connectivity index (χ4n) is 2.18. The predicted octanol–water partition coefficient (Wildman–Crippen LogP) is 3.94. The summed E-state index contributed by atoms with van der Waals surface area (Å²) in [6, 6.07) is 14.1. The van der Waals surface area contributed by atoms with Gasteiger partial charge in [-0.2, -0.15) is 5.26 Å².